The zero-order chi connectivity index (χ0) is 35.8. The van der Waals surface area contributed by atoms with Gasteiger partial charge in [0.15, 0.2) is 0 Å². The Hall–Kier alpha value is -2.65. The van der Waals surface area contributed by atoms with Gasteiger partial charge in [-0.1, -0.05) is 19.1 Å². The van der Waals surface area contributed by atoms with E-state index in [-0.39, 0.29) is 79.1 Å². The van der Waals surface area contributed by atoms with Crippen molar-refractivity contribution in [2.75, 3.05) is 60.6 Å². The fourth-order valence-electron chi connectivity index (χ4n) is 12.6. The lowest BCUT2D eigenvalue weighted by atomic mass is 9.42. The van der Waals surface area contributed by atoms with Crippen LogP contribution in [0.1, 0.15) is 55.8 Å². The first-order valence-corrected chi connectivity index (χ1v) is 17.9. The van der Waals surface area contributed by atoms with Crippen LogP contribution >= 0.6 is 0 Å². The average molecular weight is 701 g/mol. The highest BCUT2D eigenvalue weighted by atomic mass is 16.5. The number of nitrogens with one attached hydrogen (secondary N) is 1. The zero-order valence-electron chi connectivity index (χ0n) is 29.9. The Morgan fingerprint density at radius 3 is 2.42 bits per heavy atom. The Labute approximate surface area is 293 Å². The van der Waals surface area contributed by atoms with Gasteiger partial charge >= 0.3 is 11.9 Å². The highest BCUT2D eigenvalue weighted by Gasteiger charge is 2.91. The summed E-state index contributed by atoms with van der Waals surface area (Å²) in [5.41, 5.74) is -4.06. The zero-order valence-corrected chi connectivity index (χ0v) is 29.9. The van der Waals surface area contributed by atoms with Crippen molar-refractivity contribution in [3.05, 3.63) is 29.8 Å². The van der Waals surface area contributed by atoms with Crippen LogP contribution in [0.5, 0.6) is 0 Å². The number of ether oxygens (including phenoxy) is 6. The van der Waals surface area contributed by atoms with Gasteiger partial charge in [-0.25, -0.2) is 4.79 Å². The van der Waals surface area contributed by atoms with Crippen LogP contribution in [0.2, 0.25) is 0 Å². The molecule has 1 heterocycles. The van der Waals surface area contributed by atoms with Crippen LogP contribution in [-0.2, 0) is 38.0 Å². The van der Waals surface area contributed by atoms with Crippen molar-refractivity contribution >= 4 is 23.5 Å². The van der Waals surface area contributed by atoms with Crippen molar-refractivity contribution in [3.63, 3.8) is 0 Å². The summed E-state index contributed by atoms with van der Waals surface area (Å²) in [5.74, 6) is -2.23. The molecule has 1 saturated heterocycles. The van der Waals surface area contributed by atoms with Gasteiger partial charge in [-0.3, -0.25) is 14.5 Å². The van der Waals surface area contributed by atoms with Crippen LogP contribution < -0.4 is 5.32 Å². The molecule has 13 heteroatoms. The Kier molecular flexibility index (Phi) is 9.14. The standard InChI is InChI=1S/C37H52N2O11/c1-7-39-18-34(19-50-32(42)20-10-8-9-11-23(20)38-26(40)12-13-27(41)47-4)15-14-25(46-3)36-22-16-21-24(45-2)17-35(43,28(22)29(21)48-5)37(44,33(36)39)31(49-6)30(34)36/h8-11,21-22,24-25,28-31,33,43-44H,7,12-19H2,1-6H3,(H,38,40)/t21-,22-,24+,25?,28-,29+,30-,31?,33+,34+,35-,36+,37-/m1/s1. The number of benzene rings is 1. The number of amides is 1. The third kappa shape index (κ3) is 4.53. The summed E-state index contributed by atoms with van der Waals surface area (Å²) < 4.78 is 35.9. The molecule has 1 aromatic carbocycles. The summed E-state index contributed by atoms with van der Waals surface area (Å²) in [6, 6.07) is 6.17. The van der Waals surface area contributed by atoms with E-state index in [1.807, 2.05) is 0 Å². The fraction of sp³-hybridized carbons (Fsp3) is 0.757. The van der Waals surface area contributed by atoms with E-state index in [0.29, 0.717) is 25.9 Å². The van der Waals surface area contributed by atoms with E-state index in [4.69, 9.17) is 23.7 Å². The van der Waals surface area contributed by atoms with Gasteiger partial charge in [-0.05, 0) is 43.9 Å². The van der Waals surface area contributed by atoms with Crippen molar-refractivity contribution in [2.45, 2.75) is 87.1 Å². The number of piperidine rings is 1. The topological polar surface area (TPSA) is 162 Å². The molecule has 5 saturated carbocycles. The maximum Gasteiger partial charge on any atom is 0.340 e. The van der Waals surface area contributed by atoms with Gasteiger partial charge in [-0.2, -0.15) is 0 Å². The summed E-state index contributed by atoms with van der Waals surface area (Å²) in [7, 11) is 7.95. The molecule has 0 aromatic heterocycles. The van der Waals surface area contributed by atoms with Gasteiger partial charge in [0.1, 0.15) is 11.2 Å². The van der Waals surface area contributed by atoms with Crippen molar-refractivity contribution in [2.24, 2.45) is 34.5 Å². The summed E-state index contributed by atoms with van der Waals surface area (Å²) in [6.45, 7) is 3.25. The second-order valence-electron chi connectivity index (χ2n) is 15.4. The molecular weight excluding hydrogens is 648 g/mol. The van der Waals surface area contributed by atoms with E-state index in [1.165, 1.54) is 7.11 Å². The van der Waals surface area contributed by atoms with E-state index in [9.17, 15) is 24.6 Å². The molecule has 276 valence electrons. The highest BCUT2D eigenvalue weighted by molar-refractivity contribution is 6.01. The number of carbonyl (C=O) groups is 3. The Morgan fingerprint density at radius 1 is 1.00 bits per heavy atom. The van der Waals surface area contributed by atoms with Gasteiger partial charge in [0.05, 0.1) is 61.8 Å². The molecule has 1 spiro atoms. The van der Waals surface area contributed by atoms with Crippen LogP contribution in [0.15, 0.2) is 24.3 Å². The van der Waals surface area contributed by atoms with E-state index >= 15 is 0 Å². The molecule has 6 fully saturated rings. The second kappa shape index (κ2) is 12.8. The smallest absolute Gasteiger partial charge is 0.340 e. The molecule has 5 aliphatic carbocycles. The minimum Gasteiger partial charge on any atom is -0.469 e. The molecule has 0 radical (unpaired) electrons. The molecular formula is C37H52N2O11. The molecule has 50 heavy (non-hydrogen) atoms. The van der Waals surface area contributed by atoms with Gasteiger partial charge in [0.25, 0.3) is 0 Å². The molecule has 13 nitrogen and oxygen atoms in total. The number of rotatable bonds is 12. The molecule has 3 N–H and O–H groups in total. The number of para-hydroxylation sites is 1. The maximum atomic E-state index is 13.9. The van der Waals surface area contributed by atoms with Gasteiger partial charge in [-0.15, -0.1) is 0 Å². The molecule has 7 rings (SSSR count). The van der Waals surface area contributed by atoms with Gasteiger partial charge in [0, 0.05) is 76.4 Å². The van der Waals surface area contributed by atoms with Gasteiger partial charge < -0.3 is 44.0 Å². The number of fused-ring (bicyclic) bond motifs is 2. The van der Waals surface area contributed by atoms with Gasteiger partial charge in [0.2, 0.25) is 5.91 Å². The lowest BCUT2D eigenvalue weighted by Gasteiger charge is -2.70. The summed E-state index contributed by atoms with van der Waals surface area (Å²) in [4.78, 5) is 40.5. The largest absolute Gasteiger partial charge is 0.469 e. The van der Waals surface area contributed by atoms with Crippen molar-refractivity contribution < 1.29 is 53.0 Å². The predicted octanol–water partition coefficient (Wildman–Crippen LogP) is 2.03. The predicted molar refractivity (Wildman–Crippen MR) is 178 cm³/mol. The third-order valence-electron chi connectivity index (χ3n) is 14.0. The first kappa shape index (κ1) is 35.7. The van der Waals surface area contributed by atoms with Crippen molar-refractivity contribution in [3.8, 4) is 0 Å². The number of methoxy groups -OCH3 is 5. The summed E-state index contributed by atoms with van der Waals surface area (Å²) in [5, 5.41) is 29.3. The number of esters is 2. The van der Waals surface area contributed by atoms with E-state index in [1.54, 1.807) is 52.7 Å². The third-order valence-corrected chi connectivity index (χ3v) is 14.0. The van der Waals surface area contributed by atoms with Crippen LogP contribution in [-0.4, -0.2) is 130 Å². The summed E-state index contributed by atoms with van der Waals surface area (Å²) in [6.07, 6.45) is 0.548. The van der Waals surface area contributed by atoms with E-state index < -0.39 is 52.0 Å². The number of likely N-dealkylation sites (tertiary alicyclic amines) is 1. The minimum atomic E-state index is -1.69. The number of nitrogens with zero attached hydrogens (tertiary/aromatic N) is 1. The average Bonchev–Trinajstić information content (AvgIpc) is 3.54. The Morgan fingerprint density at radius 2 is 1.76 bits per heavy atom. The number of hydrogen-bond acceptors (Lipinski definition) is 12. The van der Waals surface area contributed by atoms with Crippen LogP contribution in [0, 0.1) is 34.5 Å². The normalized spacial score (nSPS) is 43.7. The maximum absolute atomic E-state index is 13.9. The highest BCUT2D eigenvalue weighted by Crippen LogP contribution is 2.80. The molecule has 13 atom stereocenters. The number of aliphatic hydroxyl groups is 2. The Balaban J connectivity index is 1.27. The van der Waals surface area contributed by atoms with E-state index in [0.717, 1.165) is 6.42 Å². The van der Waals surface area contributed by atoms with Crippen LogP contribution in [0.3, 0.4) is 0 Å². The lowest BCUT2D eigenvalue weighted by molar-refractivity contribution is -0.320. The molecule has 1 amide bonds. The van der Waals surface area contributed by atoms with Crippen molar-refractivity contribution in [1.29, 1.82) is 0 Å². The number of likely N-dealkylation sites (N-methyl/N-ethyl adjacent to an activating group) is 1. The summed E-state index contributed by atoms with van der Waals surface area (Å²) >= 11 is 0. The first-order valence-electron chi connectivity index (χ1n) is 17.9. The molecule has 1 aliphatic heterocycles. The monoisotopic (exact) mass is 700 g/mol. The second-order valence-corrected chi connectivity index (χ2v) is 15.4. The van der Waals surface area contributed by atoms with E-state index in [2.05, 4.69) is 21.9 Å². The molecule has 2 unspecified atom stereocenters. The number of anilines is 1. The Bertz CT molecular complexity index is 1510. The minimum absolute atomic E-state index is 0.0420. The lowest BCUT2D eigenvalue weighted by Crippen LogP contribution is -2.82. The SMILES string of the molecule is CCN1C[C@]2(COC(=O)c3ccccc3NC(=O)CCC(=O)OC)CCC(OC)[C@@]34[C@@H]5C[C@H]6[C@H](OC)[C@@H]5[C@](O)(C[C@@H]6OC)[C@@](O)(C(OC)[C@H]23)[C@@H]14. The molecule has 7 bridgehead atoms. The van der Waals surface area contributed by atoms with Crippen LogP contribution in [0.4, 0.5) is 5.69 Å². The van der Waals surface area contributed by atoms with Crippen LogP contribution in [0.25, 0.3) is 0 Å². The molecule has 6 aliphatic rings. The number of hydrogen-bond donors (Lipinski definition) is 3. The first-order chi connectivity index (χ1) is 24.0. The quantitative estimate of drug-likeness (QED) is 0.273. The molecule has 1 aromatic rings. The number of carbonyl (C=O) groups excluding carboxylic acids is 3. The van der Waals surface area contributed by atoms with Crippen molar-refractivity contribution in [1.82, 2.24) is 4.90 Å². The fourth-order valence-corrected chi connectivity index (χ4v) is 12.6.